The SMILES string of the molecule is CSC[C@@H](O)[C@@H](CO)N(C)c1cn(COCc2ccccc2)c2c(N)ncnc12. The number of anilines is 2. The van der Waals surface area contributed by atoms with Gasteiger partial charge in [0, 0.05) is 19.0 Å². The van der Waals surface area contributed by atoms with Crippen LogP contribution in [0.3, 0.4) is 0 Å². The van der Waals surface area contributed by atoms with Crippen LogP contribution < -0.4 is 10.6 Å². The number of aliphatic hydroxyl groups is 2. The second-order valence-electron chi connectivity index (χ2n) is 6.79. The van der Waals surface area contributed by atoms with E-state index in [-0.39, 0.29) is 13.3 Å². The molecule has 0 unspecified atom stereocenters. The summed E-state index contributed by atoms with van der Waals surface area (Å²) in [6.45, 7) is 0.551. The minimum absolute atomic E-state index is 0.185. The molecule has 1 aromatic carbocycles. The van der Waals surface area contributed by atoms with Gasteiger partial charge in [-0.15, -0.1) is 0 Å². The largest absolute Gasteiger partial charge is 0.394 e. The molecule has 0 fully saturated rings. The molecule has 2 atom stereocenters. The minimum Gasteiger partial charge on any atom is -0.394 e. The Bertz CT molecular complexity index is 921. The van der Waals surface area contributed by atoms with Crippen molar-refractivity contribution in [3.8, 4) is 0 Å². The molecule has 3 aromatic rings. The molecule has 0 aliphatic carbocycles. The molecule has 4 N–H and O–H groups in total. The van der Waals surface area contributed by atoms with E-state index in [9.17, 15) is 10.2 Å². The number of nitrogens with two attached hydrogens (primary N) is 1. The fraction of sp³-hybridized carbons (Fsp3) is 0.400. The third kappa shape index (κ3) is 4.81. The van der Waals surface area contributed by atoms with Crippen molar-refractivity contribution < 1.29 is 14.9 Å². The van der Waals surface area contributed by atoms with Crippen LogP contribution in [-0.2, 0) is 18.1 Å². The molecular formula is C20H27N5O3S. The van der Waals surface area contributed by atoms with Crippen LogP contribution in [0.1, 0.15) is 5.56 Å². The monoisotopic (exact) mass is 417 g/mol. The number of fused-ring (bicyclic) bond motifs is 1. The quantitative estimate of drug-likeness (QED) is 0.457. The van der Waals surface area contributed by atoms with Crippen LogP contribution in [0.2, 0.25) is 0 Å². The first kappa shape index (κ1) is 21.4. The van der Waals surface area contributed by atoms with E-state index >= 15 is 0 Å². The maximum atomic E-state index is 10.4. The van der Waals surface area contributed by atoms with Gasteiger partial charge in [-0.2, -0.15) is 11.8 Å². The number of thioether (sulfide) groups is 1. The van der Waals surface area contributed by atoms with Gasteiger partial charge in [0.15, 0.2) is 5.82 Å². The normalized spacial score (nSPS) is 13.5. The molecule has 0 spiro atoms. The zero-order valence-corrected chi connectivity index (χ0v) is 17.4. The minimum atomic E-state index is -0.688. The standard InChI is InChI=1S/C20H27N5O3S/c1-24(16(9-26)17(27)11-29-2)15-8-25(19-18(15)22-12-23-20(19)21)13-28-10-14-6-4-3-5-7-14/h3-8,12,16-17,26-27H,9-11,13H2,1-2H3,(H2,21,22,23)/t16-,17-/m1/s1. The summed E-state index contributed by atoms with van der Waals surface area (Å²) in [7, 11) is 1.83. The lowest BCUT2D eigenvalue weighted by Crippen LogP contribution is -2.45. The third-order valence-corrected chi connectivity index (χ3v) is 5.52. The highest BCUT2D eigenvalue weighted by molar-refractivity contribution is 7.98. The fourth-order valence-corrected chi connectivity index (χ4v) is 3.86. The Morgan fingerprint density at radius 1 is 1.28 bits per heavy atom. The lowest BCUT2D eigenvalue weighted by atomic mass is 10.1. The van der Waals surface area contributed by atoms with Crippen LogP contribution in [0.15, 0.2) is 42.9 Å². The van der Waals surface area contributed by atoms with Crippen LogP contribution in [0.5, 0.6) is 0 Å². The van der Waals surface area contributed by atoms with Gasteiger partial charge in [-0.05, 0) is 11.8 Å². The van der Waals surface area contributed by atoms with Crippen molar-refractivity contribution in [1.29, 1.82) is 0 Å². The first-order valence-corrected chi connectivity index (χ1v) is 10.7. The molecule has 2 heterocycles. The molecule has 0 bridgehead atoms. The van der Waals surface area contributed by atoms with Gasteiger partial charge in [0.05, 0.1) is 31.0 Å². The fourth-order valence-electron chi connectivity index (χ4n) is 3.30. The zero-order valence-electron chi connectivity index (χ0n) is 16.6. The Morgan fingerprint density at radius 3 is 2.72 bits per heavy atom. The van der Waals surface area contributed by atoms with E-state index in [0.29, 0.717) is 29.2 Å². The maximum absolute atomic E-state index is 10.4. The van der Waals surface area contributed by atoms with Crippen molar-refractivity contribution in [2.24, 2.45) is 0 Å². The van der Waals surface area contributed by atoms with Crippen molar-refractivity contribution in [3.63, 3.8) is 0 Å². The number of ether oxygens (including phenoxy) is 1. The van der Waals surface area contributed by atoms with Crippen LogP contribution in [-0.4, -0.2) is 62.6 Å². The average molecular weight is 418 g/mol. The average Bonchev–Trinajstić information content (AvgIpc) is 3.09. The molecule has 0 saturated carbocycles. The molecule has 9 heteroatoms. The second kappa shape index (κ2) is 9.93. The van der Waals surface area contributed by atoms with Gasteiger partial charge in [-0.1, -0.05) is 30.3 Å². The highest BCUT2D eigenvalue weighted by atomic mass is 32.2. The number of hydrogen-bond donors (Lipinski definition) is 3. The molecule has 29 heavy (non-hydrogen) atoms. The van der Waals surface area contributed by atoms with Gasteiger partial charge in [-0.3, -0.25) is 0 Å². The predicted octanol–water partition coefficient (Wildman–Crippen LogP) is 1.71. The number of nitrogens with zero attached hydrogens (tertiary/aromatic N) is 4. The topological polar surface area (TPSA) is 110 Å². The first-order valence-electron chi connectivity index (χ1n) is 9.28. The Hall–Kier alpha value is -2.33. The summed E-state index contributed by atoms with van der Waals surface area (Å²) in [6, 6.07) is 9.44. The summed E-state index contributed by atoms with van der Waals surface area (Å²) >= 11 is 1.53. The van der Waals surface area contributed by atoms with E-state index in [0.717, 1.165) is 11.3 Å². The molecule has 3 rings (SSSR count). The van der Waals surface area contributed by atoms with Crippen molar-refractivity contribution in [2.45, 2.75) is 25.5 Å². The van der Waals surface area contributed by atoms with E-state index in [1.807, 2.05) is 59.3 Å². The number of hydrogen-bond acceptors (Lipinski definition) is 8. The zero-order chi connectivity index (χ0) is 20.8. The van der Waals surface area contributed by atoms with E-state index in [4.69, 9.17) is 10.5 Å². The van der Waals surface area contributed by atoms with E-state index < -0.39 is 12.1 Å². The summed E-state index contributed by atoms with van der Waals surface area (Å²) < 4.78 is 7.72. The van der Waals surface area contributed by atoms with Crippen LogP contribution in [0, 0.1) is 0 Å². The van der Waals surface area contributed by atoms with Gasteiger partial charge in [0.1, 0.15) is 24.1 Å². The molecule has 0 amide bonds. The number of nitrogen functional groups attached to an aromatic ring is 1. The van der Waals surface area contributed by atoms with Gasteiger partial charge in [0.2, 0.25) is 0 Å². The number of benzene rings is 1. The Kier molecular flexibility index (Phi) is 7.32. The van der Waals surface area contributed by atoms with E-state index in [1.54, 1.807) is 0 Å². The summed E-state index contributed by atoms with van der Waals surface area (Å²) in [4.78, 5) is 10.3. The van der Waals surface area contributed by atoms with Crippen LogP contribution >= 0.6 is 11.8 Å². The molecule has 0 aliphatic rings. The predicted molar refractivity (Wildman–Crippen MR) is 117 cm³/mol. The molecule has 2 aromatic heterocycles. The van der Waals surface area contributed by atoms with E-state index in [1.165, 1.54) is 18.1 Å². The van der Waals surface area contributed by atoms with Crippen LogP contribution in [0.4, 0.5) is 11.5 Å². The molecule has 8 nitrogen and oxygen atoms in total. The lowest BCUT2D eigenvalue weighted by Gasteiger charge is -2.31. The number of likely N-dealkylation sites (N-methyl/N-ethyl adjacent to an activating group) is 1. The summed E-state index contributed by atoms with van der Waals surface area (Å²) in [6.07, 6.45) is 4.51. The number of aliphatic hydroxyl groups excluding tert-OH is 2. The smallest absolute Gasteiger partial charge is 0.151 e. The molecular weight excluding hydrogens is 390 g/mol. The van der Waals surface area contributed by atoms with Crippen molar-refractivity contribution in [1.82, 2.24) is 14.5 Å². The van der Waals surface area contributed by atoms with Crippen molar-refractivity contribution >= 4 is 34.3 Å². The van der Waals surface area contributed by atoms with Gasteiger partial charge < -0.3 is 30.2 Å². The van der Waals surface area contributed by atoms with Crippen molar-refractivity contribution in [3.05, 3.63) is 48.4 Å². The van der Waals surface area contributed by atoms with Gasteiger partial charge >= 0.3 is 0 Å². The molecule has 0 aliphatic heterocycles. The number of aromatic nitrogens is 3. The van der Waals surface area contributed by atoms with Gasteiger partial charge in [-0.25, -0.2) is 9.97 Å². The molecule has 0 radical (unpaired) electrons. The lowest BCUT2D eigenvalue weighted by molar-refractivity contribution is 0.0668. The molecule has 0 saturated heterocycles. The molecule has 156 valence electrons. The van der Waals surface area contributed by atoms with E-state index in [2.05, 4.69) is 9.97 Å². The first-order chi connectivity index (χ1) is 14.1. The third-order valence-electron chi connectivity index (χ3n) is 4.85. The second-order valence-corrected chi connectivity index (χ2v) is 7.70. The Morgan fingerprint density at radius 2 is 2.03 bits per heavy atom. The van der Waals surface area contributed by atoms with Crippen molar-refractivity contribution in [2.75, 3.05) is 36.3 Å². The summed E-state index contributed by atoms with van der Waals surface area (Å²) in [5, 5.41) is 20.3. The maximum Gasteiger partial charge on any atom is 0.151 e. The summed E-state index contributed by atoms with van der Waals surface area (Å²) in [5.74, 6) is 0.870. The summed E-state index contributed by atoms with van der Waals surface area (Å²) in [5.41, 5.74) is 9.26. The highest BCUT2D eigenvalue weighted by Crippen LogP contribution is 2.31. The number of rotatable bonds is 10. The van der Waals surface area contributed by atoms with Crippen LogP contribution in [0.25, 0.3) is 11.0 Å². The Labute approximate surface area is 174 Å². The van der Waals surface area contributed by atoms with Gasteiger partial charge in [0.25, 0.3) is 0 Å². The Balaban J connectivity index is 1.87. The highest BCUT2D eigenvalue weighted by Gasteiger charge is 2.26.